The molecule has 6 nitrogen and oxygen atoms in total. The second kappa shape index (κ2) is 6.15. The van der Waals surface area contributed by atoms with Crippen molar-refractivity contribution in [3.05, 3.63) is 41.4 Å². The molecule has 1 aliphatic rings. The van der Waals surface area contributed by atoms with Crippen molar-refractivity contribution in [3.63, 3.8) is 0 Å². The topological polar surface area (TPSA) is 56.0 Å². The highest BCUT2D eigenvalue weighted by molar-refractivity contribution is 6.35. The molecule has 0 aliphatic carbocycles. The van der Waals surface area contributed by atoms with E-state index in [0.717, 1.165) is 5.69 Å². The summed E-state index contributed by atoms with van der Waals surface area (Å²) in [6.45, 7) is 0.866. The molecule has 3 aromatic rings. The summed E-state index contributed by atoms with van der Waals surface area (Å²) in [5, 5.41) is 5.38. The summed E-state index contributed by atoms with van der Waals surface area (Å²) in [6, 6.07) is 1.75. The number of hydrogen-bond acceptors (Lipinski definition) is 3. The Bertz CT molecular complexity index is 942. The number of likely N-dealkylation sites (tertiary alicyclic amines) is 1. The lowest BCUT2D eigenvalue weighted by Gasteiger charge is -2.28. The Morgan fingerprint density at radius 1 is 1.28 bits per heavy atom. The van der Waals surface area contributed by atoms with Crippen LogP contribution in [0.2, 0.25) is 5.02 Å². The number of alkyl halides is 1. The van der Waals surface area contributed by atoms with Gasteiger partial charge in [-0.15, -0.1) is 0 Å². The Morgan fingerprint density at radius 3 is 2.72 bits per heavy atom. The Balaban J connectivity index is 1.69. The number of rotatable bonds is 2. The van der Waals surface area contributed by atoms with E-state index in [1.807, 2.05) is 17.8 Å². The minimum Gasteiger partial charge on any atom is -0.338 e. The summed E-state index contributed by atoms with van der Waals surface area (Å²) in [5.74, 6) is -0.133. The number of pyridine rings is 1. The lowest BCUT2D eigenvalue weighted by Crippen LogP contribution is -2.39. The fraction of sp³-hybridized carbons (Fsp3) is 0.353. The molecule has 1 aliphatic heterocycles. The molecular weight excluding hydrogens is 345 g/mol. The first-order chi connectivity index (χ1) is 12.0. The first-order valence-electron chi connectivity index (χ1n) is 8.12. The molecule has 0 aromatic carbocycles. The van der Waals surface area contributed by atoms with Crippen LogP contribution in [0.5, 0.6) is 0 Å². The van der Waals surface area contributed by atoms with Crippen molar-refractivity contribution in [2.75, 3.05) is 13.1 Å². The van der Waals surface area contributed by atoms with Gasteiger partial charge in [0.1, 0.15) is 11.8 Å². The summed E-state index contributed by atoms with van der Waals surface area (Å²) in [6.07, 6.45) is 6.86. The zero-order chi connectivity index (χ0) is 17.6. The van der Waals surface area contributed by atoms with Crippen LogP contribution in [0, 0.1) is 0 Å². The van der Waals surface area contributed by atoms with E-state index in [1.165, 1.54) is 0 Å². The summed E-state index contributed by atoms with van der Waals surface area (Å²) >= 11 is 6.35. The van der Waals surface area contributed by atoms with Crippen molar-refractivity contribution in [1.82, 2.24) is 24.2 Å². The average molecular weight is 362 g/mol. The first-order valence-corrected chi connectivity index (χ1v) is 8.49. The van der Waals surface area contributed by atoms with Gasteiger partial charge >= 0.3 is 0 Å². The fourth-order valence-corrected chi connectivity index (χ4v) is 3.39. The van der Waals surface area contributed by atoms with Crippen LogP contribution < -0.4 is 0 Å². The standard InChI is InChI=1S/C17H17ClFN5O/c1-22-9-13(8-21-22)24-10-15(18)14-6-11(7-20-16(14)24)17(25)23-4-2-12(19)3-5-23/h6-10,12H,2-5H2,1H3. The highest BCUT2D eigenvalue weighted by atomic mass is 35.5. The number of aryl methyl sites for hydroxylation is 1. The predicted octanol–water partition coefficient (Wildman–Crippen LogP) is 2.99. The maximum absolute atomic E-state index is 13.3. The smallest absolute Gasteiger partial charge is 0.255 e. The number of hydrogen-bond donors (Lipinski definition) is 0. The van der Waals surface area contributed by atoms with Gasteiger partial charge in [-0.05, 0) is 18.9 Å². The number of nitrogens with zero attached hydrogens (tertiary/aromatic N) is 5. The molecular formula is C17H17ClFN5O. The molecule has 8 heteroatoms. The second-order valence-corrected chi connectivity index (χ2v) is 6.69. The van der Waals surface area contributed by atoms with Gasteiger partial charge in [-0.3, -0.25) is 14.0 Å². The molecule has 0 saturated carbocycles. The van der Waals surface area contributed by atoms with Gasteiger partial charge in [0.2, 0.25) is 0 Å². The van der Waals surface area contributed by atoms with E-state index in [4.69, 9.17) is 11.6 Å². The van der Waals surface area contributed by atoms with Crippen LogP contribution in [0.4, 0.5) is 4.39 Å². The molecule has 0 atom stereocenters. The maximum Gasteiger partial charge on any atom is 0.255 e. The lowest BCUT2D eigenvalue weighted by molar-refractivity contribution is 0.0667. The van der Waals surface area contributed by atoms with Crippen LogP contribution in [0.15, 0.2) is 30.9 Å². The van der Waals surface area contributed by atoms with Gasteiger partial charge in [-0.2, -0.15) is 5.10 Å². The van der Waals surface area contributed by atoms with Crippen LogP contribution in [0.25, 0.3) is 16.7 Å². The third kappa shape index (κ3) is 2.89. The van der Waals surface area contributed by atoms with Crippen molar-refractivity contribution in [2.45, 2.75) is 19.0 Å². The van der Waals surface area contributed by atoms with Crippen LogP contribution in [-0.2, 0) is 7.05 Å². The van der Waals surface area contributed by atoms with Gasteiger partial charge in [-0.25, -0.2) is 9.37 Å². The van der Waals surface area contributed by atoms with Gasteiger partial charge in [0.15, 0.2) is 0 Å². The second-order valence-electron chi connectivity index (χ2n) is 6.28. The third-order valence-electron chi connectivity index (χ3n) is 4.52. The molecule has 0 bridgehead atoms. The molecule has 4 rings (SSSR count). The maximum atomic E-state index is 13.3. The summed E-state index contributed by atoms with van der Waals surface area (Å²) < 4.78 is 16.8. The van der Waals surface area contributed by atoms with Crippen molar-refractivity contribution >= 4 is 28.5 Å². The number of halogens is 2. The van der Waals surface area contributed by atoms with Gasteiger partial charge < -0.3 is 4.90 Å². The van der Waals surface area contributed by atoms with E-state index in [2.05, 4.69) is 10.1 Å². The largest absolute Gasteiger partial charge is 0.338 e. The molecule has 0 unspecified atom stereocenters. The number of amides is 1. The quantitative estimate of drug-likeness (QED) is 0.705. The number of carbonyl (C=O) groups excluding carboxylic acids is 1. The monoisotopic (exact) mass is 361 g/mol. The van der Waals surface area contributed by atoms with E-state index in [0.29, 0.717) is 47.6 Å². The number of fused-ring (bicyclic) bond motifs is 1. The highest BCUT2D eigenvalue weighted by Crippen LogP contribution is 2.28. The van der Waals surface area contributed by atoms with Gasteiger partial charge in [0, 0.05) is 44.1 Å². The predicted molar refractivity (Wildman–Crippen MR) is 92.9 cm³/mol. The highest BCUT2D eigenvalue weighted by Gasteiger charge is 2.24. The Hall–Kier alpha value is -2.41. The first kappa shape index (κ1) is 16.1. The Morgan fingerprint density at radius 2 is 2.04 bits per heavy atom. The molecule has 130 valence electrons. The van der Waals surface area contributed by atoms with Crippen molar-refractivity contribution in [1.29, 1.82) is 0 Å². The van der Waals surface area contributed by atoms with Crippen molar-refractivity contribution < 1.29 is 9.18 Å². The molecule has 3 aromatic heterocycles. The molecule has 1 fully saturated rings. The van der Waals surface area contributed by atoms with Crippen LogP contribution >= 0.6 is 11.6 Å². The zero-order valence-electron chi connectivity index (χ0n) is 13.7. The van der Waals surface area contributed by atoms with Crippen LogP contribution in [-0.4, -0.2) is 49.4 Å². The Labute approximate surface area is 148 Å². The van der Waals surface area contributed by atoms with Crippen molar-refractivity contribution in [2.24, 2.45) is 7.05 Å². The minimum absolute atomic E-state index is 0.133. The lowest BCUT2D eigenvalue weighted by atomic mass is 10.1. The van der Waals surface area contributed by atoms with Crippen LogP contribution in [0.3, 0.4) is 0 Å². The number of piperidine rings is 1. The summed E-state index contributed by atoms with van der Waals surface area (Å²) in [5.41, 5.74) is 1.98. The van der Waals surface area contributed by atoms with E-state index >= 15 is 0 Å². The van der Waals surface area contributed by atoms with Crippen LogP contribution in [0.1, 0.15) is 23.2 Å². The zero-order valence-corrected chi connectivity index (χ0v) is 14.4. The SMILES string of the molecule is Cn1cc(-n2cc(Cl)c3cc(C(=O)N4CCC(F)CC4)cnc32)cn1. The van der Waals surface area contributed by atoms with E-state index < -0.39 is 6.17 Å². The average Bonchev–Trinajstić information content (AvgIpc) is 3.18. The van der Waals surface area contributed by atoms with E-state index in [-0.39, 0.29) is 5.91 Å². The molecule has 25 heavy (non-hydrogen) atoms. The van der Waals surface area contributed by atoms with Gasteiger partial charge in [0.05, 0.1) is 22.5 Å². The third-order valence-corrected chi connectivity index (χ3v) is 4.82. The Kier molecular flexibility index (Phi) is 3.95. The minimum atomic E-state index is -0.812. The molecule has 0 spiro atoms. The number of aromatic nitrogens is 4. The summed E-state index contributed by atoms with van der Waals surface area (Å²) in [7, 11) is 1.83. The summed E-state index contributed by atoms with van der Waals surface area (Å²) in [4.78, 5) is 18.8. The molecule has 1 amide bonds. The van der Waals surface area contributed by atoms with Gasteiger partial charge in [0.25, 0.3) is 5.91 Å². The molecule has 1 saturated heterocycles. The molecule has 0 N–H and O–H groups in total. The number of carbonyl (C=O) groups is 1. The van der Waals surface area contributed by atoms with Gasteiger partial charge in [-0.1, -0.05) is 11.6 Å². The molecule has 4 heterocycles. The van der Waals surface area contributed by atoms with Crippen molar-refractivity contribution in [3.8, 4) is 5.69 Å². The van der Waals surface area contributed by atoms with E-state index in [1.54, 1.807) is 34.2 Å². The van der Waals surface area contributed by atoms with E-state index in [9.17, 15) is 9.18 Å². The normalized spacial score (nSPS) is 15.9. The molecule has 0 radical (unpaired) electrons. The fourth-order valence-electron chi connectivity index (χ4n) is 3.15.